The number of anilines is 2. The van der Waals surface area contributed by atoms with Gasteiger partial charge in [0.05, 0.1) is 11.4 Å². The van der Waals surface area contributed by atoms with Crippen molar-refractivity contribution in [3.8, 4) is 11.1 Å². The molecule has 0 saturated heterocycles. The molecule has 0 bridgehead atoms. The molecule has 1 heterocycles. The molecule has 2 amide bonds. The van der Waals surface area contributed by atoms with Crippen LogP contribution in [0.15, 0.2) is 48.5 Å². The molecule has 0 radical (unpaired) electrons. The first-order valence-electron chi connectivity index (χ1n) is 8.30. The number of amides is 2. The average Bonchev–Trinajstić information content (AvgIpc) is 3.27. The van der Waals surface area contributed by atoms with E-state index in [4.69, 9.17) is 4.74 Å². The third-order valence-corrected chi connectivity index (χ3v) is 3.84. The Kier molecular flexibility index (Phi) is 4.25. The summed E-state index contributed by atoms with van der Waals surface area (Å²) in [5.74, 6) is -0.177. The topological polar surface area (TPSA) is 58.4 Å². The van der Waals surface area contributed by atoms with Crippen LogP contribution in [0.4, 0.5) is 16.2 Å². The van der Waals surface area contributed by atoms with Gasteiger partial charge in [0.25, 0.3) is 5.91 Å². The number of hydrogen-bond acceptors (Lipinski definition) is 3. The Morgan fingerprint density at radius 2 is 1.72 bits per heavy atom. The quantitative estimate of drug-likeness (QED) is 0.851. The second-order valence-electron chi connectivity index (χ2n) is 7.08. The normalized spacial score (nSPS) is 13.7. The highest BCUT2D eigenvalue weighted by molar-refractivity contribution is 6.21. The highest BCUT2D eigenvalue weighted by Gasteiger charge is 2.40. The highest BCUT2D eigenvalue weighted by atomic mass is 16.6. The van der Waals surface area contributed by atoms with Crippen molar-refractivity contribution in [3.05, 3.63) is 48.5 Å². The van der Waals surface area contributed by atoms with E-state index in [0.717, 1.165) is 22.5 Å². The van der Waals surface area contributed by atoms with Crippen molar-refractivity contribution in [2.75, 3.05) is 4.90 Å². The largest absolute Gasteiger partial charge is 0.444 e. The molecule has 1 atom stereocenters. The van der Waals surface area contributed by atoms with Gasteiger partial charge in [-0.25, -0.2) is 4.79 Å². The van der Waals surface area contributed by atoms with Crippen molar-refractivity contribution in [1.29, 1.82) is 0 Å². The van der Waals surface area contributed by atoms with Crippen LogP contribution >= 0.6 is 0 Å². The monoisotopic (exact) mass is 338 g/mol. The molecular formula is C20H22N2O3. The van der Waals surface area contributed by atoms with Crippen LogP contribution < -0.4 is 10.2 Å². The number of carbonyl (C=O) groups is 2. The molecule has 1 N–H and O–H groups in total. The summed E-state index contributed by atoms with van der Waals surface area (Å²) in [6, 6.07) is 15.1. The first kappa shape index (κ1) is 17.0. The SMILES string of the molecule is CC(NC(=O)OC(C)(C)C)C(=O)N1c2cccc(-c3ccccc3)c21. The molecule has 25 heavy (non-hydrogen) atoms. The van der Waals surface area contributed by atoms with Crippen LogP contribution in [0.2, 0.25) is 0 Å². The zero-order chi connectivity index (χ0) is 18.2. The lowest BCUT2D eigenvalue weighted by molar-refractivity contribution is -0.119. The van der Waals surface area contributed by atoms with Crippen molar-refractivity contribution in [1.82, 2.24) is 5.32 Å². The van der Waals surface area contributed by atoms with E-state index in [1.807, 2.05) is 48.5 Å². The Labute approximate surface area is 147 Å². The maximum Gasteiger partial charge on any atom is 0.408 e. The van der Waals surface area contributed by atoms with Gasteiger partial charge in [0.2, 0.25) is 0 Å². The van der Waals surface area contributed by atoms with Crippen LogP contribution in [0, 0.1) is 0 Å². The summed E-state index contributed by atoms with van der Waals surface area (Å²) in [5.41, 5.74) is 3.25. The number of nitrogens with zero attached hydrogens (tertiary/aromatic N) is 1. The molecule has 0 fully saturated rings. The van der Waals surface area contributed by atoms with E-state index in [9.17, 15) is 9.59 Å². The second-order valence-corrected chi connectivity index (χ2v) is 7.08. The summed E-state index contributed by atoms with van der Waals surface area (Å²) in [7, 11) is 0. The molecule has 0 saturated carbocycles. The van der Waals surface area contributed by atoms with E-state index >= 15 is 0 Å². The molecule has 5 nitrogen and oxygen atoms in total. The molecule has 0 spiro atoms. The Hall–Kier alpha value is -2.82. The third-order valence-electron chi connectivity index (χ3n) is 3.84. The van der Waals surface area contributed by atoms with Crippen LogP contribution in [0.3, 0.4) is 0 Å². The first-order valence-corrected chi connectivity index (χ1v) is 8.30. The summed E-state index contributed by atoms with van der Waals surface area (Å²) in [5, 5.41) is 2.60. The molecule has 1 aliphatic heterocycles. The van der Waals surface area contributed by atoms with E-state index in [0.29, 0.717) is 0 Å². The fraction of sp³-hybridized carbons (Fsp3) is 0.300. The molecule has 2 aromatic carbocycles. The fourth-order valence-corrected chi connectivity index (χ4v) is 2.72. The Morgan fingerprint density at radius 1 is 1.04 bits per heavy atom. The van der Waals surface area contributed by atoms with E-state index < -0.39 is 17.7 Å². The maximum atomic E-state index is 12.7. The number of nitrogens with one attached hydrogen (secondary N) is 1. The number of carbonyl (C=O) groups excluding carboxylic acids is 2. The summed E-state index contributed by atoms with van der Waals surface area (Å²) in [4.78, 5) is 26.2. The molecule has 0 aromatic heterocycles. The Bertz CT molecular complexity index is 809. The molecule has 130 valence electrons. The average molecular weight is 338 g/mol. The molecule has 5 heteroatoms. The minimum atomic E-state index is -0.675. The second kappa shape index (κ2) is 6.24. The highest BCUT2D eigenvalue weighted by Crippen LogP contribution is 2.54. The van der Waals surface area contributed by atoms with Gasteiger partial charge in [-0.2, -0.15) is 0 Å². The molecule has 0 aliphatic carbocycles. The lowest BCUT2D eigenvalue weighted by Crippen LogP contribution is -2.44. The van der Waals surface area contributed by atoms with Gasteiger partial charge < -0.3 is 10.1 Å². The molecule has 1 unspecified atom stereocenters. The first-order chi connectivity index (χ1) is 11.8. The summed E-state index contributed by atoms with van der Waals surface area (Å²) in [6.45, 7) is 7.01. The Balaban J connectivity index is 1.72. The van der Waals surface area contributed by atoms with E-state index in [2.05, 4.69) is 5.32 Å². The van der Waals surface area contributed by atoms with Crippen LogP contribution in [-0.4, -0.2) is 23.6 Å². The smallest absolute Gasteiger partial charge is 0.408 e. The van der Waals surface area contributed by atoms with Crippen LogP contribution in [0.5, 0.6) is 0 Å². The predicted molar refractivity (Wildman–Crippen MR) is 97.9 cm³/mol. The number of hydrogen-bond donors (Lipinski definition) is 1. The van der Waals surface area contributed by atoms with Crippen molar-refractivity contribution in [2.24, 2.45) is 0 Å². The number of ether oxygens (including phenoxy) is 1. The zero-order valence-corrected chi connectivity index (χ0v) is 14.9. The lowest BCUT2D eigenvalue weighted by Gasteiger charge is -2.21. The number of benzene rings is 2. The van der Waals surface area contributed by atoms with Crippen molar-refractivity contribution >= 4 is 23.4 Å². The Morgan fingerprint density at radius 3 is 2.36 bits per heavy atom. The summed E-state index contributed by atoms with van der Waals surface area (Å²) < 4.78 is 5.21. The van der Waals surface area contributed by atoms with Gasteiger partial charge in [-0.15, -0.1) is 0 Å². The fourth-order valence-electron chi connectivity index (χ4n) is 2.72. The van der Waals surface area contributed by atoms with Gasteiger partial charge in [0, 0.05) is 5.56 Å². The van der Waals surface area contributed by atoms with Crippen LogP contribution in [0.25, 0.3) is 11.1 Å². The van der Waals surface area contributed by atoms with Gasteiger partial charge in [0.15, 0.2) is 0 Å². The summed E-state index contributed by atoms with van der Waals surface area (Å²) in [6.07, 6.45) is -0.595. The number of para-hydroxylation sites is 1. The van der Waals surface area contributed by atoms with E-state index in [-0.39, 0.29) is 5.91 Å². The van der Waals surface area contributed by atoms with Crippen molar-refractivity contribution in [3.63, 3.8) is 0 Å². The molecule has 2 aromatic rings. The van der Waals surface area contributed by atoms with Crippen LogP contribution in [-0.2, 0) is 9.53 Å². The van der Waals surface area contributed by atoms with E-state index in [1.165, 1.54) is 0 Å². The zero-order valence-electron chi connectivity index (χ0n) is 14.9. The van der Waals surface area contributed by atoms with Gasteiger partial charge >= 0.3 is 6.09 Å². The molecule has 3 rings (SSSR count). The number of rotatable bonds is 3. The van der Waals surface area contributed by atoms with E-state index in [1.54, 1.807) is 32.6 Å². The maximum absolute atomic E-state index is 12.7. The molecule has 1 aliphatic rings. The van der Waals surface area contributed by atoms with Crippen molar-refractivity contribution in [2.45, 2.75) is 39.3 Å². The number of alkyl carbamates (subject to hydrolysis) is 1. The minimum Gasteiger partial charge on any atom is -0.444 e. The third kappa shape index (κ3) is 3.65. The van der Waals surface area contributed by atoms with Gasteiger partial charge in [-0.05, 0) is 39.3 Å². The minimum absolute atomic E-state index is 0.177. The lowest BCUT2D eigenvalue weighted by atomic mass is 10.1. The summed E-state index contributed by atoms with van der Waals surface area (Å²) >= 11 is 0. The van der Waals surface area contributed by atoms with Gasteiger partial charge in [0.1, 0.15) is 11.6 Å². The standard InChI is InChI=1S/C20H22N2O3/c1-13(21-19(24)25-20(2,3)4)18(23)22-16-12-8-11-15(17(16)22)14-9-6-5-7-10-14/h5-13H,1-4H3,(H,21,24). The van der Waals surface area contributed by atoms with Crippen LogP contribution in [0.1, 0.15) is 27.7 Å². The van der Waals surface area contributed by atoms with Gasteiger partial charge in [-0.1, -0.05) is 42.5 Å². The molecular weight excluding hydrogens is 316 g/mol. The predicted octanol–water partition coefficient (Wildman–Crippen LogP) is 4.24. The number of fused-ring (bicyclic) bond motifs is 1. The van der Waals surface area contributed by atoms with Gasteiger partial charge in [-0.3, -0.25) is 9.69 Å². The van der Waals surface area contributed by atoms with Crippen molar-refractivity contribution < 1.29 is 14.3 Å².